The lowest BCUT2D eigenvalue weighted by molar-refractivity contribution is -0.135. The molecule has 1 aliphatic heterocycles. The molecular formula is C17H17NO2S. The number of piperidine rings is 1. The number of aryl methyl sites for hydroxylation is 2. The van der Waals surface area contributed by atoms with Gasteiger partial charge in [-0.05, 0) is 36.4 Å². The molecule has 0 spiro atoms. The second-order valence-corrected chi connectivity index (χ2v) is 6.53. The van der Waals surface area contributed by atoms with Crippen molar-refractivity contribution in [2.75, 3.05) is 0 Å². The van der Waals surface area contributed by atoms with Gasteiger partial charge in [0.1, 0.15) is 0 Å². The third-order valence-corrected chi connectivity index (χ3v) is 5.14. The number of hydrogen-bond acceptors (Lipinski definition) is 3. The monoisotopic (exact) mass is 299 g/mol. The summed E-state index contributed by atoms with van der Waals surface area (Å²) in [6, 6.07) is 10.0. The highest BCUT2D eigenvalue weighted by Crippen LogP contribution is 2.41. The third-order valence-electron chi connectivity index (χ3n) is 3.99. The normalized spacial score (nSPS) is 22.2. The summed E-state index contributed by atoms with van der Waals surface area (Å²) in [7, 11) is 0. The zero-order valence-corrected chi connectivity index (χ0v) is 12.9. The van der Waals surface area contributed by atoms with Gasteiger partial charge in [-0.15, -0.1) is 11.3 Å². The van der Waals surface area contributed by atoms with Crippen molar-refractivity contribution in [3.05, 3.63) is 57.3 Å². The molecule has 1 aromatic carbocycles. The maximum atomic E-state index is 12.4. The van der Waals surface area contributed by atoms with Crippen LogP contribution in [0.1, 0.15) is 39.8 Å². The first-order valence-corrected chi connectivity index (χ1v) is 7.88. The van der Waals surface area contributed by atoms with Gasteiger partial charge in [-0.25, -0.2) is 0 Å². The molecule has 2 heterocycles. The van der Waals surface area contributed by atoms with E-state index in [-0.39, 0.29) is 23.7 Å². The highest BCUT2D eigenvalue weighted by Gasteiger charge is 2.39. The SMILES string of the molecule is Cc1cccc(C2C(=O)NC(=O)CC2c2sccc2C)c1. The zero-order valence-electron chi connectivity index (χ0n) is 12.1. The zero-order chi connectivity index (χ0) is 15.0. The Balaban J connectivity index is 2.07. The average molecular weight is 299 g/mol. The first-order chi connectivity index (χ1) is 10.1. The van der Waals surface area contributed by atoms with E-state index in [9.17, 15) is 9.59 Å². The molecule has 1 saturated heterocycles. The Kier molecular flexibility index (Phi) is 3.64. The van der Waals surface area contributed by atoms with Crippen LogP contribution in [-0.2, 0) is 9.59 Å². The molecule has 1 fully saturated rings. The van der Waals surface area contributed by atoms with Crippen molar-refractivity contribution in [3.8, 4) is 0 Å². The number of imide groups is 1. The first-order valence-electron chi connectivity index (χ1n) is 7.00. The quantitative estimate of drug-likeness (QED) is 0.865. The molecule has 3 nitrogen and oxygen atoms in total. The van der Waals surface area contributed by atoms with E-state index in [0.717, 1.165) is 21.6 Å². The fourth-order valence-corrected chi connectivity index (χ4v) is 4.09. The van der Waals surface area contributed by atoms with Crippen LogP contribution in [0.4, 0.5) is 0 Å². The molecule has 4 heteroatoms. The van der Waals surface area contributed by atoms with E-state index >= 15 is 0 Å². The molecule has 0 saturated carbocycles. The summed E-state index contributed by atoms with van der Waals surface area (Å²) in [5.41, 5.74) is 3.27. The van der Waals surface area contributed by atoms with E-state index in [1.165, 1.54) is 0 Å². The highest BCUT2D eigenvalue weighted by molar-refractivity contribution is 7.10. The number of carbonyl (C=O) groups is 2. The first kappa shape index (κ1) is 14.0. The van der Waals surface area contributed by atoms with Gasteiger partial charge >= 0.3 is 0 Å². The number of hydrogen-bond donors (Lipinski definition) is 1. The van der Waals surface area contributed by atoms with Gasteiger partial charge in [0, 0.05) is 17.2 Å². The van der Waals surface area contributed by atoms with E-state index in [4.69, 9.17) is 0 Å². The van der Waals surface area contributed by atoms with Crippen LogP contribution in [0.2, 0.25) is 0 Å². The molecule has 2 atom stereocenters. The van der Waals surface area contributed by atoms with Gasteiger partial charge < -0.3 is 0 Å². The van der Waals surface area contributed by atoms with Gasteiger partial charge in [0.2, 0.25) is 11.8 Å². The van der Waals surface area contributed by atoms with Crippen LogP contribution in [-0.4, -0.2) is 11.8 Å². The maximum absolute atomic E-state index is 12.4. The van der Waals surface area contributed by atoms with Crippen molar-refractivity contribution in [3.63, 3.8) is 0 Å². The second kappa shape index (κ2) is 5.45. The molecule has 3 rings (SSSR count). The van der Waals surface area contributed by atoms with Crippen LogP contribution >= 0.6 is 11.3 Å². The van der Waals surface area contributed by atoms with E-state index in [1.807, 2.05) is 49.6 Å². The minimum atomic E-state index is -0.292. The van der Waals surface area contributed by atoms with Crippen LogP contribution in [0.15, 0.2) is 35.7 Å². The number of thiophene rings is 1. The molecule has 1 N–H and O–H groups in total. The molecule has 2 unspecified atom stereocenters. The standard InChI is InChI=1S/C17H17NO2S/c1-10-4-3-5-12(8-10)15-13(9-14(19)18-17(15)20)16-11(2)6-7-21-16/h3-8,13,15H,9H2,1-2H3,(H,18,19,20). The number of carbonyl (C=O) groups excluding carboxylic acids is 2. The lowest BCUT2D eigenvalue weighted by atomic mass is 9.78. The predicted molar refractivity (Wildman–Crippen MR) is 83.5 cm³/mol. The molecular weight excluding hydrogens is 282 g/mol. The molecule has 0 bridgehead atoms. The fourth-order valence-electron chi connectivity index (χ4n) is 3.02. The minimum absolute atomic E-state index is 0.0620. The van der Waals surface area contributed by atoms with Crippen molar-refractivity contribution < 1.29 is 9.59 Å². The lowest BCUT2D eigenvalue weighted by Crippen LogP contribution is -2.43. The molecule has 21 heavy (non-hydrogen) atoms. The van der Waals surface area contributed by atoms with Gasteiger partial charge in [0.05, 0.1) is 5.92 Å². The van der Waals surface area contributed by atoms with E-state index in [1.54, 1.807) is 11.3 Å². The van der Waals surface area contributed by atoms with E-state index < -0.39 is 0 Å². The smallest absolute Gasteiger partial charge is 0.234 e. The number of benzene rings is 1. The van der Waals surface area contributed by atoms with Crippen LogP contribution in [0.5, 0.6) is 0 Å². The topological polar surface area (TPSA) is 46.2 Å². The summed E-state index contributed by atoms with van der Waals surface area (Å²) < 4.78 is 0. The van der Waals surface area contributed by atoms with Crippen LogP contribution in [0.3, 0.4) is 0 Å². The Labute approximate surface area is 128 Å². The van der Waals surface area contributed by atoms with Gasteiger partial charge in [0.25, 0.3) is 0 Å². The maximum Gasteiger partial charge on any atom is 0.234 e. The predicted octanol–water partition coefficient (Wildman–Crippen LogP) is 3.28. The number of amides is 2. The Morgan fingerprint density at radius 3 is 2.67 bits per heavy atom. The van der Waals surface area contributed by atoms with Gasteiger partial charge in [-0.1, -0.05) is 29.8 Å². The minimum Gasteiger partial charge on any atom is -0.296 e. The Morgan fingerprint density at radius 2 is 2.00 bits per heavy atom. The summed E-state index contributed by atoms with van der Waals surface area (Å²) in [5.74, 6) is -0.718. The highest BCUT2D eigenvalue weighted by atomic mass is 32.1. The van der Waals surface area contributed by atoms with Crippen LogP contribution in [0.25, 0.3) is 0 Å². The molecule has 0 aliphatic carbocycles. The molecule has 1 aromatic heterocycles. The van der Waals surface area contributed by atoms with Crippen molar-refractivity contribution >= 4 is 23.2 Å². The number of nitrogens with one attached hydrogen (secondary N) is 1. The Hall–Kier alpha value is -1.94. The van der Waals surface area contributed by atoms with Crippen molar-refractivity contribution in [2.24, 2.45) is 0 Å². The molecule has 0 radical (unpaired) electrons. The van der Waals surface area contributed by atoms with Crippen molar-refractivity contribution in [1.29, 1.82) is 0 Å². The summed E-state index contributed by atoms with van der Waals surface area (Å²) in [6.45, 7) is 4.05. The van der Waals surface area contributed by atoms with E-state index in [0.29, 0.717) is 6.42 Å². The van der Waals surface area contributed by atoms with Crippen molar-refractivity contribution in [1.82, 2.24) is 5.32 Å². The summed E-state index contributed by atoms with van der Waals surface area (Å²) in [4.78, 5) is 25.4. The van der Waals surface area contributed by atoms with Gasteiger partial charge in [-0.2, -0.15) is 0 Å². The summed E-state index contributed by atoms with van der Waals surface area (Å²) in [6.07, 6.45) is 0.367. The van der Waals surface area contributed by atoms with Gasteiger partial charge in [0.15, 0.2) is 0 Å². The molecule has 108 valence electrons. The molecule has 1 aliphatic rings. The fraction of sp³-hybridized carbons (Fsp3) is 0.294. The molecule has 2 aromatic rings. The van der Waals surface area contributed by atoms with Gasteiger partial charge in [-0.3, -0.25) is 14.9 Å². The van der Waals surface area contributed by atoms with Crippen LogP contribution < -0.4 is 5.32 Å². The summed E-state index contributed by atoms with van der Waals surface area (Å²) >= 11 is 1.63. The van der Waals surface area contributed by atoms with E-state index in [2.05, 4.69) is 5.32 Å². The van der Waals surface area contributed by atoms with Crippen LogP contribution in [0, 0.1) is 13.8 Å². The average Bonchev–Trinajstić information content (AvgIpc) is 2.84. The summed E-state index contributed by atoms with van der Waals surface area (Å²) in [5, 5.41) is 4.51. The largest absolute Gasteiger partial charge is 0.296 e. The van der Waals surface area contributed by atoms with Crippen molar-refractivity contribution in [2.45, 2.75) is 32.1 Å². The second-order valence-electron chi connectivity index (χ2n) is 5.58. The Morgan fingerprint density at radius 1 is 1.19 bits per heavy atom. The molecule has 2 amide bonds. The lowest BCUT2D eigenvalue weighted by Gasteiger charge is -2.30. The Bertz CT molecular complexity index is 704. The third kappa shape index (κ3) is 2.63. The number of rotatable bonds is 2.